The predicted molar refractivity (Wildman–Crippen MR) is 82.3 cm³/mol. The molecule has 0 aliphatic carbocycles. The summed E-state index contributed by atoms with van der Waals surface area (Å²) in [5.41, 5.74) is 0.693. The minimum Gasteiger partial charge on any atom is -0.347 e. The first kappa shape index (κ1) is 13.0. The van der Waals surface area contributed by atoms with E-state index in [0.717, 1.165) is 12.9 Å². The lowest BCUT2D eigenvalue weighted by atomic mass is 10.2. The van der Waals surface area contributed by atoms with Gasteiger partial charge in [-0.25, -0.2) is 0 Å². The van der Waals surface area contributed by atoms with E-state index in [1.807, 2.05) is 35.7 Å². The van der Waals surface area contributed by atoms with Crippen LogP contribution in [0.15, 0.2) is 40.2 Å². The maximum absolute atomic E-state index is 11.8. The fourth-order valence-electron chi connectivity index (χ4n) is 1.32. The third kappa shape index (κ3) is 3.53. The van der Waals surface area contributed by atoms with Crippen molar-refractivity contribution in [2.45, 2.75) is 6.54 Å². The van der Waals surface area contributed by atoms with Gasteiger partial charge in [0.25, 0.3) is 5.91 Å². The van der Waals surface area contributed by atoms with Gasteiger partial charge >= 0.3 is 0 Å². The second-order valence-electron chi connectivity index (χ2n) is 3.38. The first-order valence-electron chi connectivity index (χ1n) is 4.92. The van der Waals surface area contributed by atoms with Gasteiger partial charge in [-0.15, -0.1) is 11.3 Å². The smallest absolute Gasteiger partial charge is 0.251 e. The van der Waals surface area contributed by atoms with E-state index < -0.39 is 0 Å². The van der Waals surface area contributed by atoms with Crippen LogP contribution < -0.4 is 5.32 Å². The lowest BCUT2D eigenvalue weighted by molar-refractivity contribution is 0.0951. The number of thiophene rings is 1. The second kappa shape index (κ2) is 5.97. The molecule has 0 aliphatic heterocycles. The van der Waals surface area contributed by atoms with Crippen LogP contribution in [0.3, 0.4) is 0 Å². The van der Waals surface area contributed by atoms with Gasteiger partial charge in [-0.2, -0.15) is 0 Å². The maximum Gasteiger partial charge on any atom is 0.251 e. The van der Waals surface area contributed by atoms with Crippen LogP contribution in [-0.4, -0.2) is 5.91 Å². The highest BCUT2D eigenvalue weighted by Crippen LogP contribution is 2.22. The summed E-state index contributed by atoms with van der Waals surface area (Å²) in [4.78, 5) is 13.0. The molecule has 1 aromatic carbocycles. The van der Waals surface area contributed by atoms with E-state index in [9.17, 15) is 4.79 Å². The van der Waals surface area contributed by atoms with Crippen LogP contribution in [0.1, 0.15) is 15.2 Å². The van der Waals surface area contributed by atoms with Crippen molar-refractivity contribution < 1.29 is 4.79 Å². The summed E-state index contributed by atoms with van der Waals surface area (Å²) < 4.78 is 2.17. The number of carbonyl (C=O) groups is 1. The molecule has 2 nitrogen and oxygen atoms in total. The number of benzene rings is 1. The summed E-state index contributed by atoms with van der Waals surface area (Å²) in [7, 11) is 0. The number of nitrogens with one attached hydrogen (secondary N) is 1. The minimum absolute atomic E-state index is 0.0401. The highest BCUT2D eigenvalue weighted by molar-refractivity contribution is 14.1. The Morgan fingerprint density at radius 2 is 2.00 bits per heavy atom. The molecular formula is C12H9BrINOS. The fraction of sp³-hybridized carbons (Fsp3) is 0.0833. The van der Waals surface area contributed by atoms with Gasteiger partial charge in [0.1, 0.15) is 0 Å². The van der Waals surface area contributed by atoms with E-state index in [0.29, 0.717) is 12.1 Å². The van der Waals surface area contributed by atoms with Crippen molar-refractivity contribution in [2.75, 3.05) is 0 Å². The summed E-state index contributed by atoms with van der Waals surface area (Å²) in [5, 5.41) is 4.90. The van der Waals surface area contributed by atoms with Crippen LogP contribution in [0.5, 0.6) is 0 Å². The number of hydrogen-bond donors (Lipinski definition) is 1. The zero-order valence-electron chi connectivity index (χ0n) is 8.74. The van der Waals surface area contributed by atoms with Gasteiger partial charge in [0, 0.05) is 18.5 Å². The van der Waals surface area contributed by atoms with Gasteiger partial charge in [-0.1, -0.05) is 0 Å². The average Bonchev–Trinajstić information content (AvgIpc) is 2.73. The molecule has 5 heteroatoms. The van der Waals surface area contributed by atoms with Gasteiger partial charge in [0.2, 0.25) is 0 Å². The molecule has 0 spiro atoms. The fourth-order valence-corrected chi connectivity index (χ4v) is 3.11. The summed E-state index contributed by atoms with van der Waals surface area (Å²) in [6.07, 6.45) is 0. The quantitative estimate of drug-likeness (QED) is 0.744. The monoisotopic (exact) mass is 421 g/mol. The van der Waals surface area contributed by atoms with E-state index in [2.05, 4.69) is 43.8 Å². The Balaban J connectivity index is 1.98. The van der Waals surface area contributed by atoms with Crippen molar-refractivity contribution in [1.82, 2.24) is 5.32 Å². The normalized spacial score (nSPS) is 10.2. The van der Waals surface area contributed by atoms with Crippen LogP contribution in [-0.2, 0) is 6.54 Å². The third-order valence-corrected chi connectivity index (χ3v) is 4.85. The van der Waals surface area contributed by atoms with E-state index in [1.165, 1.54) is 0 Å². The van der Waals surface area contributed by atoms with E-state index in [4.69, 9.17) is 0 Å². The van der Waals surface area contributed by atoms with E-state index in [1.54, 1.807) is 11.3 Å². The summed E-state index contributed by atoms with van der Waals surface area (Å²) in [6.45, 7) is 0.559. The zero-order chi connectivity index (χ0) is 12.3. The van der Waals surface area contributed by atoms with Crippen molar-refractivity contribution >= 4 is 55.8 Å². The lowest BCUT2D eigenvalue weighted by Crippen LogP contribution is -2.22. The highest BCUT2D eigenvalue weighted by atomic mass is 127. The first-order chi connectivity index (χ1) is 8.16. The molecule has 2 aromatic rings. The number of carbonyl (C=O) groups excluding carboxylic acids is 1. The Kier molecular flexibility index (Phi) is 4.58. The molecule has 2 rings (SSSR count). The number of rotatable bonds is 3. The zero-order valence-corrected chi connectivity index (χ0v) is 13.3. The molecule has 1 N–H and O–H groups in total. The number of halogens is 2. The lowest BCUT2D eigenvalue weighted by Gasteiger charge is -2.04. The van der Waals surface area contributed by atoms with Crippen LogP contribution in [0.25, 0.3) is 0 Å². The molecule has 1 heterocycles. The molecule has 0 aliphatic rings. The topological polar surface area (TPSA) is 29.1 Å². The predicted octanol–water partition coefficient (Wildman–Crippen LogP) is 4.05. The molecule has 0 unspecified atom stereocenters. The number of amides is 1. The second-order valence-corrected chi connectivity index (χ2v) is 6.48. The molecule has 0 fully saturated rings. The summed E-state index contributed by atoms with van der Waals surface area (Å²) in [6, 6.07) is 9.51. The Morgan fingerprint density at radius 1 is 1.29 bits per heavy atom. The Bertz CT molecular complexity index is 524. The van der Waals surface area contributed by atoms with Crippen LogP contribution >= 0.6 is 49.9 Å². The van der Waals surface area contributed by atoms with Crippen LogP contribution in [0.2, 0.25) is 0 Å². The molecular weight excluding hydrogens is 413 g/mol. The molecule has 1 amide bonds. The molecule has 0 atom stereocenters. The van der Waals surface area contributed by atoms with Gasteiger partial charge in [-0.3, -0.25) is 4.79 Å². The van der Waals surface area contributed by atoms with Gasteiger partial charge in [0.15, 0.2) is 0 Å². The van der Waals surface area contributed by atoms with Crippen molar-refractivity contribution in [2.24, 2.45) is 0 Å². The molecule has 0 saturated carbocycles. The number of hydrogen-bond acceptors (Lipinski definition) is 2. The first-order valence-corrected chi connectivity index (χ1v) is 7.67. The average molecular weight is 422 g/mol. The van der Waals surface area contributed by atoms with Crippen molar-refractivity contribution in [1.29, 1.82) is 0 Å². The highest BCUT2D eigenvalue weighted by Gasteiger charge is 2.06. The van der Waals surface area contributed by atoms with Crippen LogP contribution in [0, 0.1) is 3.57 Å². The van der Waals surface area contributed by atoms with Crippen molar-refractivity contribution in [3.8, 4) is 0 Å². The van der Waals surface area contributed by atoms with Gasteiger partial charge < -0.3 is 5.32 Å². The van der Waals surface area contributed by atoms with Crippen LogP contribution in [0.4, 0.5) is 0 Å². The van der Waals surface area contributed by atoms with Crippen molar-refractivity contribution in [3.63, 3.8) is 0 Å². The molecule has 0 bridgehead atoms. The molecule has 0 saturated heterocycles. The molecule has 1 aromatic heterocycles. The summed E-state index contributed by atoms with van der Waals surface area (Å²) >= 11 is 7.28. The molecule has 0 radical (unpaired) electrons. The minimum atomic E-state index is -0.0401. The standard InChI is InChI=1S/C12H9BrINOS/c13-10-5-6-17-11(10)7-15-12(16)8-1-3-9(14)4-2-8/h1-6H,7H2,(H,15,16). The Morgan fingerprint density at radius 3 is 2.59 bits per heavy atom. The van der Waals surface area contributed by atoms with Crippen molar-refractivity contribution in [3.05, 3.63) is 54.2 Å². The summed E-state index contributed by atoms with van der Waals surface area (Å²) in [5.74, 6) is -0.0401. The SMILES string of the molecule is O=C(NCc1sccc1Br)c1ccc(I)cc1. The Hall–Kier alpha value is -0.400. The largest absolute Gasteiger partial charge is 0.347 e. The Labute approximate surface area is 126 Å². The van der Waals surface area contributed by atoms with E-state index in [-0.39, 0.29) is 5.91 Å². The van der Waals surface area contributed by atoms with Gasteiger partial charge in [0.05, 0.1) is 6.54 Å². The van der Waals surface area contributed by atoms with Gasteiger partial charge in [-0.05, 0) is 74.2 Å². The maximum atomic E-state index is 11.8. The molecule has 17 heavy (non-hydrogen) atoms. The molecule has 88 valence electrons. The third-order valence-electron chi connectivity index (χ3n) is 2.21. The van der Waals surface area contributed by atoms with E-state index >= 15 is 0 Å².